The van der Waals surface area contributed by atoms with Crippen molar-refractivity contribution in [3.63, 3.8) is 0 Å². The maximum atomic E-state index is 12.5. The van der Waals surface area contributed by atoms with Gasteiger partial charge in [0.2, 0.25) is 5.91 Å². The number of amides is 1. The van der Waals surface area contributed by atoms with E-state index in [0.29, 0.717) is 32.3 Å². The Morgan fingerprint density at radius 3 is 2.32 bits per heavy atom. The number of phenols is 1. The molecule has 0 saturated heterocycles. The molecule has 156 valence electrons. The SMILES string of the molecule is O=C(CSc1nnc(-c2ccccc2O)n1-c1ccccc1)Nc1c(Cl)cccc1Cl. The number of carbonyl (C=O) groups is 1. The lowest BCUT2D eigenvalue weighted by Gasteiger charge is -2.12. The molecule has 0 aliphatic heterocycles. The minimum atomic E-state index is -0.285. The van der Waals surface area contributed by atoms with E-state index >= 15 is 0 Å². The van der Waals surface area contributed by atoms with Crippen LogP contribution in [0.1, 0.15) is 0 Å². The topological polar surface area (TPSA) is 80.0 Å². The number of halogens is 2. The van der Waals surface area contributed by atoms with E-state index in [0.717, 1.165) is 5.69 Å². The first-order valence-electron chi connectivity index (χ1n) is 9.20. The Kier molecular flexibility index (Phi) is 6.46. The Balaban J connectivity index is 1.62. The van der Waals surface area contributed by atoms with E-state index in [4.69, 9.17) is 23.2 Å². The molecule has 0 aliphatic rings. The summed E-state index contributed by atoms with van der Waals surface area (Å²) in [5.41, 5.74) is 1.72. The number of rotatable bonds is 6. The Morgan fingerprint density at radius 2 is 1.61 bits per heavy atom. The minimum Gasteiger partial charge on any atom is -0.507 e. The fourth-order valence-corrected chi connectivity index (χ4v) is 4.18. The zero-order chi connectivity index (χ0) is 21.8. The van der Waals surface area contributed by atoms with Gasteiger partial charge >= 0.3 is 0 Å². The van der Waals surface area contributed by atoms with Crippen LogP contribution < -0.4 is 5.32 Å². The second-order valence-corrected chi connectivity index (χ2v) is 8.18. The Morgan fingerprint density at radius 1 is 0.935 bits per heavy atom. The molecule has 0 bridgehead atoms. The number of phenolic OH excluding ortho intramolecular Hbond substituents is 1. The Hall–Kier alpha value is -3.00. The molecule has 0 aliphatic carbocycles. The third-order valence-electron chi connectivity index (χ3n) is 4.35. The van der Waals surface area contributed by atoms with Crippen LogP contribution in [0.25, 0.3) is 17.1 Å². The molecule has 1 heterocycles. The number of nitrogens with zero attached hydrogens (tertiary/aromatic N) is 3. The molecule has 0 spiro atoms. The zero-order valence-electron chi connectivity index (χ0n) is 16.0. The van der Waals surface area contributed by atoms with E-state index < -0.39 is 0 Å². The van der Waals surface area contributed by atoms with E-state index in [1.165, 1.54) is 11.8 Å². The van der Waals surface area contributed by atoms with Gasteiger partial charge in [-0.2, -0.15) is 0 Å². The average molecular weight is 471 g/mol. The average Bonchev–Trinajstić information content (AvgIpc) is 3.19. The molecule has 3 aromatic carbocycles. The van der Waals surface area contributed by atoms with Crippen LogP contribution in [0, 0.1) is 0 Å². The fraction of sp³-hybridized carbons (Fsp3) is 0.0455. The lowest BCUT2D eigenvalue weighted by Crippen LogP contribution is -2.15. The van der Waals surface area contributed by atoms with Gasteiger partial charge in [-0.15, -0.1) is 10.2 Å². The van der Waals surface area contributed by atoms with Gasteiger partial charge in [0.1, 0.15) is 5.75 Å². The van der Waals surface area contributed by atoms with Gasteiger partial charge in [-0.1, -0.05) is 71.4 Å². The van der Waals surface area contributed by atoms with Crippen LogP contribution in [-0.4, -0.2) is 31.5 Å². The first-order valence-corrected chi connectivity index (χ1v) is 10.9. The van der Waals surface area contributed by atoms with Crippen molar-refractivity contribution in [1.82, 2.24) is 14.8 Å². The number of aromatic hydroxyl groups is 1. The number of nitrogens with one attached hydrogen (secondary N) is 1. The van der Waals surface area contributed by atoms with E-state index in [9.17, 15) is 9.90 Å². The lowest BCUT2D eigenvalue weighted by atomic mass is 10.2. The quantitative estimate of drug-likeness (QED) is 0.354. The summed E-state index contributed by atoms with van der Waals surface area (Å²) in [5, 5.41) is 22.8. The van der Waals surface area contributed by atoms with Crippen LogP contribution >= 0.6 is 35.0 Å². The molecular weight excluding hydrogens is 455 g/mol. The largest absolute Gasteiger partial charge is 0.507 e. The first kappa shape index (κ1) is 21.2. The van der Waals surface area contributed by atoms with Gasteiger partial charge in [0.25, 0.3) is 0 Å². The first-order chi connectivity index (χ1) is 15.0. The smallest absolute Gasteiger partial charge is 0.234 e. The monoisotopic (exact) mass is 470 g/mol. The molecular formula is C22H16Cl2N4O2S. The summed E-state index contributed by atoms with van der Waals surface area (Å²) in [4.78, 5) is 12.5. The van der Waals surface area contributed by atoms with Gasteiger partial charge in [-0.05, 0) is 36.4 Å². The van der Waals surface area contributed by atoms with E-state index in [1.54, 1.807) is 41.0 Å². The van der Waals surface area contributed by atoms with Crippen molar-refractivity contribution in [2.24, 2.45) is 0 Å². The molecule has 2 N–H and O–H groups in total. The van der Waals surface area contributed by atoms with E-state index in [-0.39, 0.29) is 17.4 Å². The number of hydrogen-bond acceptors (Lipinski definition) is 5. The van der Waals surface area contributed by atoms with Crippen molar-refractivity contribution in [2.45, 2.75) is 5.16 Å². The molecule has 31 heavy (non-hydrogen) atoms. The van der Waals surface area contributed by atoms with Crippen LogP contribution in [0.15, 0.2) is 78.0 Å². The molecule has 4 aromatic rings. The van der Waals surface area contributed by atoms with Crippen LogP contribution in [0.2, 0.25) is 10.0 Å². The second kappa shape index (κ2) is 9.43. The predicted octanol–water partition coefficient (Wildman–Crippen LogP) is 5.68. The second-order valence-electron chi connectivity index (χ2n) is 6.43. The van der Waals surface area contributed by atoms with Crippen LogP contribution in [0.5, 0.6) is 5.75 Å². The van der Waals surface area contributed by atoms with Crippen molar-refractivity contribution in [3.05, 3.63) is 82.8 Å². The maximum absolute atomic E-state index is 12.5. The highest BCUT2D eigenvalue weighted by Crippen LogP contribution is 2.33. The van der Waals surface area contributed by atoms with Crippen molar-refractivity contribution in [2.75, 3.05) is 11.1 Å². The number of para-hydroxylation sites is 3. The van der Waals surface area contributed by atoms with E-state index in [1.807, 2.05) is 36.4 Å². The standard InChI is InChI=1S/C22H16Cl2N4O2S/c23-16-10-6-11-17(24)20(16)25-19(30)13-31-22-27-26-21(15-9-4-5-12-18(15)29)28(22)14-7-2-1-3-8-14/h1-12,29H,13H2,(H,25,30). The minimum absolute atomic E-state index is 0.0628. The van der Waals surface area contributed by atoms with Gasteiger partial charge in [0, 0.05) is 5.69 Å². The number of carbonyl (C=O) groups excluding carboxylic acids is 1. The Bertz CT molecular complexity index is 1210. The highest BCUT2D eigenvalue weighted by atomic mass is 35.5. The van der Waals surface area contributed by atoms with Crippen LogP contribution in [-0.2, 0) is 4.79 Å². The van der Waals surface area contributed by atoms with Crippen molar-refractivity contribution >= 4 is 46.6 Å². The number of benzene rings is 3. The van der Waals surface area contributed by atoms with Gasteiger partial charge in [0.05, 0.1) is 27.0 Å². The number of thioether (sulfide) groups is 1. The molecule has 0 fully saturated rings. The summed E-state index contributed by atoms with van der Waals surface area (Å²) < 4.78 is 1.80. The molecule has 9 heteroatoms. The van der Waals surface area contributed by atoms with Crippen molar-refractivity contribution in [1.29, 1.82) is 0 Å². The molecule has 0 atom stereocenters. The van der Waals surface area contributed by atoms with Gasteiger partial charge < -0.3 is 10.4 Å². The summed E-state index contributed by atoms with van der Waals surface area (Å²) in [5.74, 6) is 0.343. The molecule has 1 amide bonds. The number of hydrogen-bond donors (Lipinski definition) is 2. The molecule has 0 unspecified atom stereocenters. The zero-order valence-corrected chi connectivity index (χ0v) is 18.3. The lowest BCUT2D eigenvalue weighted by molar-refractivity contribution is -0.113. The van der Waals surface area contributed by atoms with Gasteiger partial charge in [-0.25, -0.2) is 0 Å². The summed E-state index contributed by atoms with van der Waals surface area (Å²) in [6.45, 7) is 0. The third kappa shape index (κ3) is 4.69. The predicted molar refractivity (Wildman–Crippen MR) is 124 cm³/mol. The van der Waals surface area contributed by atoms with Gasteiger partial charge in [-0.3, -0.25) is 9.36 Å². The summed E-state index contributed by atoms with van der Waals surface area (Å²) in [6.07, 6.45) is 0. The van der Waals surface area contributed by atoms with E-state index in [2.05, 4.69) is 15.5 Å². The molecule has 0 radical (unpaired) electrons. The van der Waals surface area contributed by atoms with Crippen molar-refractivity contribution in [3.8, 4) is 22.8 Å². The summed E-state index contributed by atoms with van der Waals surface area (Å²) in [6, 6.07) is 21.4. The molecule has 6 nitrogen and oxygen atoms in total. The number of anilines is 1. The normalized spacial score (nSPS) is 10.8. The van der Waals surface area contributed by atoms with Crippen LogP contribution in [0.4, 0.5) is 5.69 Å². The summed E-state index contributed by atoms with van der Waals surface area (Å²) in [7, 11) is 0. The molecule has 0 saturated carbocycles. The summed E-state index contributed by atoms with van der Waals surface area (Å²) >= 11 is 13.5. The fourth-order valence-electron chi connectivity index (χ4n) is 2.93. The van der Waals surface area contributed by atoms with Crippen molar-refractivity contribution < 1.29 is 9.90 Å². The van der Waals surface area contributed by atoms with Gasteiger partial charge in [0.15, 0.2) is 11.0 Å². The van der Waals surface area contributed by atoms with Crippen LogP contribution in [0.3, 0.4) is 0 Å². The number of aromatic nitrogens is 3. The maximum Gasteiger partial charge on any atom is 0.234 e. The highest BCUT2D eigenvalue weighted by Gasteiger charge is 2.19. The molecule has 1 aromatic heterocycles. The highest BCUT2D eigenvalue weighted by molar-refractivity contribution is 7.99. The molecule has 4 rings (SSSR count). The third-order valence-corrected chi connectivity index (χ3v) is 5.91. The Labute approximate surface area is 192 Å².